The van der Waals surface area contributed by atoms with Crippen molar-refractivity contribution in [1.29, 1.82) is 5.26 Å². The molecule has 11 heteroatoms. The van der Waals surface area contributed by atoms with Crippen molar-refractivity contribution >= 4 is 23.6 Å². The number of amides is 2. The molecule has 3 N–H and O–H groups in total. The molecule has 0 fully saturated rings. The largest absolute Gasteiger partial charge is 0.493 e. The Bertz CT molecular complexity index is 1220. The van der Waals surface area contributed by atoms with Crippen LogP contribution < -0.4 is 20.5 Å². The number of methoxy groups -OCH3 is 1. The Morgan fingerprint density at radius 1 is 1.12 bits per heavy atom. The Morgan fingerprint density at radius 2 is 1.88 bits per heavy atom. The van der Waals surface area contributed by atoms with Crippen LogP contribution in [-0.4, -0.2) is 47.9 Å². The van der Waals surface area contributed by atoms with Crippen LogP contribution in [0.2, 0.25) is 0 Å². The highest BCUT2D eigenvalue weighted by atomic mass is 16.5. The molecule has 0 bridgehead atoms. The minimum absolute atomic E-state index is 0.0955. The number of nitrogens with zero attached hydrogens (tertiary/aromatic N) is 3. The Hall–Kier alpha value is -4.85. The van der Waals surface area contributed by atoms with Crippen LogP contribution in [0.4, 0.5) is 5.82 Å². The molecule has 33 heavy (non-hydrogen) atoms. The third-order valence-electron chi connectivity index (χ3n) is 4.25. The Labute approximate surface area is 188 Å². The zero-order valence-corrected chi connectivity index (χ0v) is 17.5. The maximum absolute atomic E-state index is 12.4. The molecule has 0 aliphatic rings. The van der Waals surface area contributed by atoms with E-state index >= 15 is 0 Å². The van der Waals surface area contributed by atoms with Crippen LogP contribution in [0, 0.1) is 11.3 Å². The first-order valence-electron chi connectivity index (χ1n) is 9.52. The molecule has 0 unspecified atom stereocenters. The predicted molar refractivity (Wildman–Crippen MR) is 115 cm³/mol. The number of esters is 1. The molecule has 2 amide bonds. The molecule has 0 saturated heterocycles. The average molecular weight is 449 g/mol. The van der Waals surface area contributed by atoms with Gasteiger partial charge in [0.1, 0.15) is 11.6 Å². The average Bonchev–Trinajstić information content (AvgIpc) is 3.23. The number of nitrogens with one attached hydrogen (secondary N) is 1. The van der Waals surface area contributed by atoms with E-state index in [9.17, 15) is 19.6 Å². The molecule has 0 saturated carbocycles. The summed E-state index contributed by atoms with van der Waals surface area (Å²) in [5.41, 5.74) is 5.93. The molecule has 11 nitrogen and oxygen atoms in total. The summed E-state index contributed by atoms with van der Waals surface area (Å²) in [6, 6.07) is 15.0. The van der Waals surface area contributed by atoms with Crippen molar-refractivity contribution in [1.82, 2.24) is 9.78 Å². The lowest BCUT2D eigenvalue weighted by atomic mass is 10.2. The summed E-state index contributed by atoms with van der Waals surface area (Å²) < 4.78 is 16.8. The van der Waals surface area contributed by atoms with Gasteiger partial charge in [-0.3, -0.25) is 9.59 Å². The van der Waals surface area contributed by atoms with Crippen molar-refractivity contribution < 1.29 is 28.6 Å². The second kappa shape index (κ2) is 10.5. The fourth-order valence-corrected chi connectivity index (χ4v) is 2.76. The van der Waals surface area contributed by atoms with E-state index in [1.807, 2.05) is 12.1 Å². The first-order chi connectivity index (χ1) is 15.9. The maximum Gasteiger partial charge on any atom is 0.338 e. The van der Waals surface area contributed by atoms with Gasteiger partial charge in [0, 0.05) is 0 Å². The van der Waals surface area contributed by atoms with Crippen molar-refractivity contribution in [3.05, 3.63) is 65.9 Å². The van der Waals surface area contributed by atoms with E-state index < -0.39 is 24.4 Å². The molecular weight excluding hydrogens is 430 g/mol. The topological polar surface area (TPSA) is 159 Å². The molecule has 1 heterocycles. The predicted octanol–water partition coefficient (Wildman–Crippen LogP) is 1.41. The van der Waals surface area contributed by atoms with E-state index in [2.05, 4.69) is 10.4 Å². The van der Waals surface area contributed by atoms with Gasteiger partial charge >= 0.3 is 5.97 Å². The Kier molecular flexibility index (Phi) is 7.23. The number of hydrogen-bond donors (Lipinski definition) is 2. The summed E-state index contributed by atoms with van der Waals surface area (Å²) in [7, 11) is 1.36. The lowest BCUT2D eigenvalue weighted by Crippen LogP contribution is -2.23. The van der Waals surface area contributed by atoms with Gasteiger partial charge < -0.3 is 25.3 Å². The number of para-hydroxylation sites is 1. The standard InChI is InChI=1S/C22H19N5O6/c1-31-18-9-14(7-8-17(18)32-12-19(24)28)22(30)33-13-20(29)26-21-15(10-23)11-25-27(21)16-5-3-2-4-6-16/h2-9,11H,12-13H2,1H3,(H2,24,28)(H,26,29). The van der Waals surface area contributed by atoms with Crippen molar-refractivity contribution in [3.63, 3.8) is 0 Å². The summed E-state index contributed by atoms with van der Waals surface area (Å²) in [6.45, 7) is -0.962. The van der Waals surface area contributed by atoms with Crippen LogP contribution >= 0.6 is 0 Å². The van der Waals surface area contributed by atoms with Gasteiger partial charge in [-0.15, -0.1) is 0 Å². The Balaban J connectivity index is 1.66. The van der Waals surface area contributed by atoms with Crippen LogP contribution in [-0.2, 0) is 14.3 Å². The van der Waals surface area contributed by atoms with E-state index in [1.54, 1.807) is 24.3 Å². The fourth-order valence-electron chi connectivity index (χ4n) is 2.76. The van der Waals surface area contributed by atoms with Gasteiger partial charge in [0.2, 0.25) is 0 Å². The Morgan fingerprint density at radius 3 is 2.55 bits per heavy atom. The van der Waals surface area contributed by atoms with E-state index in [0.717, 1.165) is 0 Å². The summed E-state index contributed by atoms with van der Waals surface area (Å²) in [4.78, 5) is 35.6. The second-order valence-corrected chi connectivity index (χ2v) is 6.51. The van der Waals surface area contributed by atoms with Gasteiger partial charge in [-0.2, -0.15) is 10.4 Å². The van der Waals surface area contributed by atoms with Crippen LogP contribution in [0.1, 0.15) is 15.9 Å². The molecule has 168 valence electrons. The molecule has 1 aromatic heterocycles. The SMILES string of the molecule is COc1cc(C(=O)OCC(=O)Nc2c(C#N)cnn2-c2ccccc2)ccc1OCC(N)=O. The van der Waals surface area contributed by atoms with E-state index in [4.69, 9.17) is 19.9 Å². The first kappa shape index (κ1) is 22.8. The smallest absolute Gasteiger partial charge is 0.338 e. The van der Waals surface area contributed by atoms with Crippen molar-refractivity contribution in [3.8, 4) is 23.3 Å². The quantitative estimate of drug-likeness (QED) is 0.464. The molecule has 0 aliphatic carbocycles. The number of benzene rings is 2. The van der Waals surface area contributed by atoms with Crippen LogP contribution in [0.5, 0.6) is 11.5 Å². The number of nitrogens with two attached hydrogens (primary N) is 1. The number of carbonyl (C=O) groups excluding carboxylic acids is 3. The third-order valence-corrected chi connectivity index (χ3v) is 4.25. The fraction of sp³-hybridized carbons (Fsp3) is 0.136. The number of anilines is 1. The monoisotopic (exact) mass is 449 g/mol. The van der Waals surface area contributed by atoms with Gasteiger partial charge in [-0.1, -0.05) is 18.2 Å². The number of hydrogen-bond acceptors (Lipinski definition) is 8. The lowest BCUT2D eigenvalue weighted by Gasteiger charge is -2.12. The summed E-state index contributed by atoms with van der Waals surface area (Å²) in [5.74, 6) is -1.57. The van der Waals surface area contributed by atoms with Crippen LogP contribution in [0.3, 0.4) is 0 Å². The summed E-state index contributed by atoms with van der Waals surface area (Å²) >= 11 is 0. The molecule has 0 atom stereocenters. The van der Waals surface area contributed by atoms with E-state index in [1.165, 1.54) is 36.2 Å². The number of nitriles is 1. The number of aromatic nitrogens is 2. The molecule has 3 aromatic rings. The van der Waals surface area contributed by atoms with Crippen LogP contribution in [0.15, 0.2) is 54.7 Å². The molecular formula is C22H19N5O6. The van der Waals surface area contributed by atoms with Crippen molar-refractivity contribution in [2.45, 2.75) is 0 Å². The first-order valence-corrected chi connectivity index (χ1v) is 9.52. The molecule has 3 rings (SSSR count). The lowest BCUT2D eigenvalue weighted by molar-refractivity contribution is -0.120. The van der Waals surface area contributed by atoms with Gasteiger partial charge in [0.15, 0.2) is 30.5 Å². The van der Waals surface area contributed by atoms with Gasteiger partial charge in [-0.05, 0) is 30.3 Å². The van der Waals surface area contributed by atoms with E-state index in [-0.39, 0.29) is 35.1 Å². The number of ether oxygens (including phenoxy) is 3. The molecule has 0 radical (unpaired) electrons. The summed E-state index contributed by atoms with van der Waals surface area (Å²) in [5, 5.41) is 16.0. The number of carbonyl (C=O) groups is 3. The molecule has 0 aliphatic heterocycles. The molecule has 0 spiro atoms. The highest BCUT2D eigenvalue weighted by Gasteiger charge is 2.18. The highest BCUT2D eigenvalue weighted by Crippen LogP contribution is 2.28. The number of rotatable bonds is 9. The second-order valence-electron chi connectivity index (χ2n) is 6.51. The zero-order valence-electron chi connectivity index (χ0n) is 17.5. The molecule has 2 aromatic carbocycles. The highest BCUT2D eigenvalue weighted by molar-refractivity contribution is 5.96. The third kappa shape index (κ3) is 5.65. The minimum atomic E-state index is -0.790. The van der Waals surface area contributed by atoms with Crippen molar-refractivity contribution in [2.24, 2.45) is 5.73 Å². The number of primary amides is 1. The van der Waals surface area contributed by atoms with Gasteiger partial charge in [0.25, 0.3) is 11.8 Å². The van der Waals surface area contributed by atoms with Crippen molar-refractivity contribution in [2.75, 3.05) is 25.6 Å². The summed E-state index contributed by atoms with van der Waals surface area (Å²) in [6.07, 6.45) is 1.32. The zero-order chi connectivity index (χ0) is 23.8. The van der Waals surface area contributed by atoms with E-state index in [0.29, 0.717) is 5.69 Å². The maximum atomic E-state index is 12.4. The normalized spacial score (nSPS) is 10.1. The van der Waals surface area contributed by atoms with Gasteiger partial charge in [-0.25, -0.2) is 9.48 Å². The minimum Gasteiger partial charge on any atom is -0.493 e. The van der Waals surface area contributed by atoms with Crippen LogP contribution in [0.25, 0.3) is 5.69 Å². The van der Waals surface area contributed by atoms with Gasteiger partial charge in [0.05, 0.1) is 24.6 Å².